The lowest BCUT2D eigenvalue weighted by Crippen LogP contribution is -1.78. The number of hydrogen-bond donors (Lipinski definition) is 0. The van der Waals surface area contributed by atoms with E-state index in [9.17, 15) is 0 Å². The average molecular weight is 314 g/mol. The van der Waals surface area contributed by atoms with Crippen molar-refractivity contribution in [3.63, 3.8) is 0 Å². The van der Waals surface area contributed by atoms with Gasteiger partial charge < -0.3 is 0 Å². The van der Waals surface area contributed by atoms with Crippen LogP contribution >= 0.6 is 22.6 Å². The van der Waals surface area contributed by atoms with Crippen molar-refractivity contribution < 1.29 is 0 Å². The van der Waals surface area contributed by atoms with Gasteiger partial charge in [0.1, 0.15) is 0 Å². The molecule has 0 radical (unpaired) electrons. The molecule has 0 nitrogen and oxygen atoms in total. The molecule has 0 saturated carbocycles. The van der Waals surface area contributed by atoms with Gasteiger partial charge in [0, 0.05) is 3.57 Å². The fourth-order valence-corrected chi connectivity index (χ4v) is 2.08. The van der Waals surface area contributed by atoms with Gasteiger partial charge in [-0.15, -0.1) is 0 Å². The van der Waals surface area contributed by atoms with E-state index >= 15 is 0 Å². The van der Waals surface area contributed by atoms with Gasteiger partial charge in [0.05, 0.1) is 0 Å². The van der Waals surface area contributed by atoms with Crippen LogP contribution in [-0.4, -0.2) is 0 Å². The Hall–Kier alpha value is -0.310. The minimum atomic E-state index is 1.21. The normalized spacial score (nSPS) is 11.1. The zero-order valence-corrected chi connectivity index (χ0v) is 11.5. The Morgan fingerprint density at radius 1 is 1.13 bits per heavy atom. The Kier molecular flexibility index (Phi) is 6.73. The Balaban J connectivity index is 2.29. The summed E-state index contributed by atoms with van der Waals surface area (Å²) in [4.78, 5) is 0. The summed E-state index contributed by atoms with van der Waals surface area (Å²) in [5.74, 6) is 0. The maximum absolute atomic E-state index is 2.38. The highest BCUT2D eigenvalue weighted by molar-refractivity contribution is 14.1. The van der Waals surface area contributed by atoms with Gasteiger partial charge in [-0.05, 0) is 47.1 Å². The molecule has 0 atom stereocenters. The monoisotopic (exact) mass is 314 g/mol. The number of allylic oxidation sites excluding steroid dienone is 1. The van der Waals surface area contributed by atoms with E-state index < -0.39 is 0 Å². The Labute approximate surface area is 107 Å². The minimum Gasteiger partial charge on any atom is -0.0839 e. The largest absolute Gasteiger partial charge is 0.0839 e. The number of hydrogen-bond acceptors (Lipinski definition) is 0. The highest BCUT2D eigenvalue weighted by atomic mass is 127. The van der Waals surface area contributed by atoms with E-state index in [4.69, 9.17) is 0 Å². The van der Waals surface area contributed by atoms with Crippen molar-refractivity contribution in [3.05, 3.63) is 39.5 Å². The summed E-state index contributed by atoms with van der Waals surface area (Å²) in [6.07, 6.45) is 11.1. The van der Waals surface area contributed by atoms with Crippen LogP contribution in [0.4, 0.5) is 0 Å². The molecule has 0 unspecified atom stereocenters. The third kappa shape index (κ3) is 5.36. The van der Waals surface area contributed by atoms with Gasteiger partial charge in [-0.2, -0.15) is 0 Å². The minimum absolute atomic E-state index is 1.21. The van der Waals surface area contributed by atoms with Gasteiger partial charge in [-0.3, -0.25) is 0 Å². The summed E-state index contributed by atoms with van der Waals surface area (Å²) in [7, 11) is 0. The van der Waals surface area contributed by atoms with E-state index in [-0.39, 0.29) is 0 Å². The maximum atomic E-state index is 2.38. The third-order valence-corrected chi connectivity index (χ3v) is 3.41. The maximum Gasteiger partial charge on any atom is 0.0202 e. The summed E-state index contributed by atoms with van der Waals surface area (Å²) in [5.41, 5.74) is 1.34. The van der Waals surface area contributed by atoms with Gasteiger partial charge in [0.15, 0.2) is 0 Å². The predicted octanol–water partition coefficient (Wildman–Crippen LogP) is 5.27. The summed E-state index contributed by atoms with van der Waals surface area (Å²) in [6.45, 7) is 2.25. The van der Waals surface area contributed by atoms with Crippen molar-refractivity contribution in [3.8, 4) is 0 Å². The molecule has 1 aromatic rings. The van der Waals surface area contributed by atoms with Gasteiger partial charge >= 0.3 is 0 Å². The first-order valence-corrected chi connectivity index (χ1v) is 6.83. The van der Waals surface area contributed by atoms with E-state index in [0.29, 0.717) is 0 Å². The number of unbranched alkanes of at least 4 members (excludes halogenated alkanes) is 4. The highest BCUT2D eigenvalue weighted by Crippen LogP contribution is 2.13. The summed E-state index contributed by atoms with van der Waals surface area (Å²) in [5, 5.41) is 0. The zero-order chi connectivity index (χ0) is 10.9. The van der Waals surface area contributed by atoms with Crippen molar-refractivity contribution in [2.45, 2.75) is 39.0 Å². The molecule has 15 heavy (non-hydrogen) atoms. The van der Waals surface area contributed by atoms with Crippen LogP contribution in [0, 0.1) is 3.57 Å². The summed E-state index contributed by atoms with van der Waals surface area (Å²) in [6, 6.07) is 8.50. The Morgan fingerprint density at radius 3 is 2.67 bits per heavy atom. The van der Waals surface area contributed by atoms with Crippen molar-refractivity contribution >= 4 is 28.7 Å². The molecule has 82 valence electrons. The lowest BCUT2D eigenvalue weighted by atomic mass is 10.1. The lowest BCUT2D eigenvalue weighted by Gasteiger charge is -1.97. The van der Waals surface area contributed by atoms with E-state index in [1.807, 2.05) is 0 Å². The Bertz CT molecular complexity index is 302. The first-order chi connectivity index (χ1) is 7.34. The second-order valence-electron chi connectivity index (χ2n) is 3.77. The van der Waals surface area contributed by atoms with Crippen LogP contribution in [0.15, 0.2) is 30.3 Å². The van der Waals surface area contributed by atoms with Crippen LogP contribution in [0.25, 0.3) is 6.08 Å². The molecule has 1 aromatic carbocycles. The molecule has 0 heterocycles. The molecule has 0 bridgehead atoms. The van der Waals surface area contributed by atoms with Crippen molar-refractivity contribution in [1.29, 1.82) is 0 Å². The molecule has 0 aliphatic carbocycles. The summed E-state index contributed by atoms with van der Waals surface area (Å²) >= 11 is 2.38. The van der Waals surface area contributed by atoms with Gasteiger partial charge in [0.25, 0.3) is 0 Å². The third-order valence-electron chi connectivity index (χ3n) is 2.43. The molecule has 0 N–H and O–H groups in total. The average Bonchev–Trinajstić information content (AvgIpc) is 2.25. The molecule has 1 heteroatoms. The number of rotatable bonds is 6. The van der Waals surface area contributed by atoms with E-state index in [2.05, 4.69) is 65.9 Å². The number of benzene rings is 1. The van der Waals surface area contributed by atoms with Crippen LogP contribution in [0.3, 0.4) is 0 Å². The van der Waals surface area contributed by atoms with Gasteiger partial charge in [-0.25, -0.2) is 0 Å². The molecule has 0 fully saturated rings. The molecular formula is C14H19I. The van der Waals surface area contributed by atoms with Crippen molar-refractivity contribution in [2.24, 2.45) is 0 Å². The van der Waals surface area contributed by atoms with Crippen LogP contribution in [0.5, 0.6) is 0 Å². The highest BCUT2D eigenvalue weighted by Gasteiger charge is 1.91. The molecule has 0 amide bonds. The molecule has 1 rings (SSSR count). The first-order valence-electron chi connectivity index (χ1n) is 5.75. The molecule has 0 aromatic heterocycles. The molecule has 0 spiro atoms. The van der Waals surface area contributed by atoms with E-state index in [0.717, 1.165) is 0 Å². The lowest BCUT2D eigenvalue weighted by molar-refractivity contribution is 0.675. The van der Waals surface area contributed by atoms with Crippen LogP contribution in [-0.2, 0) is 0 Å². The van der Waals surface area contributed by atoms with E-state index in [1.54, 1.807) is 0 Å². The van der Waals surface area contributed by atoms with Crippen LogP contribution in [0.2, 0.25) is 0 Å². The van der Waals surface area contributed by atoms with Gasteiger partial charge in [-0.1, -0.05) is 56.5 Å². The topological polar surface area (TPSA) is 0 Å². The molecule has 0 saturated heterocycles. The van der Waals surface area contributed by atoms with Crippen LogP contribution < -0.4 is 0 Å². The smallest absolute Gasteiger partial charge is 0.0202 e. The fourth-order valence-electron chi connectivity index (χ4n) is 1.51. The van der Waals surface area contributed by atoms with E-state index in [1.165, 1.54) is 41.2 Å². The Morgan fingerprint density at radius 2 is 1.93 bits per heavy atom. The second kappa shape index (κ2) is 7.91. The first kappa shape index (κ1) is 12.8. The fraction of sp³-hybridized carbons (Fsp3) is 0.429. The molecular weight excluding hydrogens is 295 g/mol. The molecule has 0 aliphatic heterocycles. The molecule has 0 aliphatic rings. The van der Waals surface area contributed by atoms with Gasteiger partial charge in [0.2, 0.25) is 0 Å². The second-order valence-corrected chi connectivity index (χ2v) is 4.94. The quantitative estimate of drug-likeness (QED) is 0.495. The summed E-state index contributed by atoms with van der Waals surface area (Å²) < 4.78 is 1.33. The zero-order valence-electron chi connectivity index (χ0n) is 9.38. The van der Waals surface area contributed by atoms with Crippen molar-refractivity contribution in [1.82, 2.24) is 0 Å². The predicted molar refractivity (Wildman–Crippen MR) is 77.0 cm³/mol. The standard InChI is InChI=1S/C14H19I/c1-2-3-4-5-6-7-10-13-11-8-9-12-14(13)15/h7-12H,2-6H2,1H3/b10-7+. The van der Waals surface area contributed by atoms with Crippen molar-refractivity contribution in [2.75, 3.05) is 0 Å². The van der Waals surface area contributed by atoms with Crippen LogP contribution in [0.1, 0.15) is 44.6 Å². The number of halogens is 1. The SMILES string of the molecule is CCCCCC/C=C/c1ccccc1I.